The maximum atomic E-state index is 13.3. The average molecular weight is 289 g/mol. The first-order valence-electron chi connectivity index (χ1n) is 5.35. The number of carbonyl (C=O) groups is 1. The summed E-state index contributed by atoms with van der Waals surface area (Å²) in [4.78, 5) is 15.5. The second kappa shape index (κ2) is 5.52. The van der Waals surface area contributed by atoms with Crippen LogP contribution in [-0.4, -0.2) is 22.9 Å². The standard InChI is InChI=1S/C11H10F3N3OS/c12-6-1-5(9(14)7(13)2-6)3-16-10(18)8-4-17-11(15)19-8/h1-2,8H,3-4H2,(H2,15,17)(H,16,18). The van der Waals surface area contributed by atoms with Crippen molar-refractivity contribution >= 4 is 22.8 Å². The average Bonchev–Trinajstić information content (AvgIpc) is 2.78. The number of nitrogens with one attached hydrogen (secondary N) is 1. The SMILES string of the molecule is NC1=NCC(C(=O)NCc2cc(F)cc(F)c2F)S1. The molecule has 3 N–H and O–H groups in total. The molecule has 8 heteroatoms. The van der Waals surface area contributed by atoms with E-state index in [0.717, 1.165) is 17.8 Å². The van der Waals surface area contributed by atoms with E-state index < -0.39 is 28.6 Å². The predicted octanol–water partition coefficient (Wildman–Crippen LogP) is 1.15. The van der Waals surface area contributed by atoms with Gasteiger partial charge in [0.2, 0.25) is 5.91 Å². The van der Waals surface area contributed by atoms with Crippen LogP contribution in [0.2, 0.25) is 0 Å². The number of carbonyl (C=O) groups excluding carboxylic acids is 1. The van der Waals surface area contributed by atoms with Crippen molar-refractivity contribution in [1.29, 1.82) is 0 Å². The van der Waals surface area contributed by atoms with Gasteiger partial charge in [-0.2, -0.15) is 0 Å². The fraction of sp³-hybridized carbons (Fsp3) is 0.273. The van der Waals surface area contributed by atoms with Crippen molar-refractivity contribution in [2.45, 2.75) is 11.8 Å². The van der Waals surface area contributed by atoms with E-state index in [9.17, 15) is 18.0 Å². The summed E-state index contributed by atoms with van der Waals surface area (Å²) in [6.07, 6.45) is 0. The number of amides is 1. The molecule has 0 fully saturated rings. The van der Waals surface area contributed by atoms with E-state index in [1.54, 1.807) is 0 Å². The van der Waals surface area contributed by atoms with Gasteiger partial charge in [0.05, 0.1) is 6.54 Å². The molecule has 1 aromatic carbocycles. The molecule has 0 saturated carbocycles. The lowest BCUT2D eigenvalue weighted by molar-refractivity contribution is -0.120. The maximum Gasteiger partial charge on any atom is 0.235 e. The molecule has 0 saturated heterocycles. The van der Waals surface area contributed by atoms with Crippen LogP contribution in [0.5, 0.6) is 0 Å². The largest absolute Gasteiger partial charge is 0.379 e. The van der Waals surface area contributed by atoms with E-state index in [1.165, 1.54) is 0 Å². The van der Waals surface area contributed by atoms with Crippen LogP contribution in [0.4, 0.5) is 13.2 Å². The van der Waals surface area contributed by atoms with Crippen LogP contribution in [-0.2, 0) is 11.3 Å². The molecule has 4 nitrogen and oxygen atoms in total. The Morgan fingerprint density at radius 1 is 1.47 bits per heavy atom. The Hall–Kier alpha value is -1.70. The smallest absolute Gasteiger partial charge is 0.235 e. The van der Waals surface area contributed by atoms with Gasteiger partial charge in [0.25, 0.3) is 0 Å². The van der Waals surface area contributed by atoms with Crippen molar-refractivity contribution < 1.29 is 18.0 Å². The third-order valence-electron chi connectivity index (χ3n) is 2.49. The Kier molecular flexibility index (Phi) is 3.98. The zero-order valence-electron chi connectivity index (χ0n) is 9.62. The highest BCUT2D eigenvalue weighted by Crippen LogP contribution is 2.19. The van der Waals surface area contributed by atoms with Gasteiger partial charge in [0, 0.05) is 18.2 Å². The van der Waals surface area contributed by atoms with Gasteiger partial charge in [-0.05, 0) is 6.07 Å². The normalized spacial score (nSPS) is 18.3. The van der Waals surface area contributed by atoms with Crippen molar-refractivity contribution in [1.82, 2.24) is 5.32 Å². The van der Waals surface area contributed by atoms with Gasteiger partial charge in [-0.25, -0.2) is 13.2 Å². The number of thioether (sulfide) groups is 1. The van der Waals surface area contributed by atoms with Gasteiger partial charge in [-0.15, -0.1) is 0 Å². The van der Waals surface area contributed by atoms with Gasteiger partial charge in [-0.1, -0.05) is 11.8 Å². The number of hydrogen-bond donors (Lipinski definition) is 2. The number of aliphatic imine (C=N–C) groups is 1. The van der Waals surface area contributed by atoms with E-state index >= 15 is 0 Å². The highest BCUT2D eigenvalue weighted by molar-refractivity contribution is 8.15. The molecule has 0 spiro atoms. The zero-order valence-corrected chi connectivity index (χ0v) is 10.4. The monoisotopic (exact) mass is 289 g/mol. The van der Waals surface area contributed by atoms with Gasteiger partial charge in [-0.3, -0.25) is 9.79 Å². The summed E-state index contributed by atoms with van der Waals surface area (Å²) in [5, 5.41) is 2.22. The summed E-state index contributed by atoms with van der Waals surface area (Å²) in [6.45, 7) is -0.0569. The predicted molar refractivity (Wildman–Crippen MR) is 66.0 cm³/mol. The molecule has 0 aliphatic carbocycles. The number of halogens is 3. The van der Waals surface area contributed by atoms with Crippen molar-refractivity contribution in [3.63, 3.8) is 0 Å². The van der Waals surface area contributed by atoms with Crippen LogP contribution in [0.1, 0.15) is 5.56 Å². The highest BCUT2D eigenvalue weighted by Gasteiger charge is 2.25. The molecular formula is C11H10F3N3OS. The molecule has 0 aromatic heterocycles. The Morgan fingerprint density at radius 2 is 2.21 bits per heavy atom. The summed E-state index contributed by atoms with van der Waals surface area (Å²) in [5.74, 6) is -3.76. The summed E-state index contributed by atoms with van der Waals surface area (Å²) < 4.78 is 39.2. The van der Waals surface area contributed by atoms with Crippen LogP contribution in [0.3, 0.4) is 0 Å². The molecule has 1 atom stereocenters. The Bertz CT molecular complexity index is 550. The Morgan fingerprint density at radius 3 is 2.84 bits per heavy atom. The van der Waals surface area contributed by atoms with Crippen molar-refractivity contribution in [3.05, 3.63) is 35.1 Å². The second-order valence-corrected chi connectivity index (χ2v) is 5.09. The molecule has 2 rings (SSSR count). The van der Waals surface area contributed by atoms with Crippen molar-refractivity contribution in [3.8, 4) is 0 Å². The second-order valence-electron chi connectivity index (χ2n) is 3.86. The van der Waals surface area contributed by atoms with E-state index in [0.29, 0.717) is 11.2 Å². The molecule has 19 heavy (non-hydrogen) atoms. The fourth-order valence-electron chi connectivity index (χ4n) is 1.56. The zero-order chi connectivity index (χ0) is 14.0. The van der Waals surface area contributed by atoms with Crippen LogP contribution in [0, 0.1) is 17.5 Å². The highest BCUT2D eigenvalue weighted by atomic mass is 32.2. The van der Waals surface area contributed by atoms with E-state index in [2.05, 4.69) is 10.3 Å². The van der Waals surface area contributed by atoms with Crippen molar-refractivity contribution in [2.24, 2.45) is 10.7 Å². The third-order valence-corrected chi connectivity index (χ3v) is 3.51. The minimum Gasteiger partial charge on any atom is -0.379 e. The molecular weight excluding hydrogens is 279 g/mol. The molecule has 0 bridgehead atoms. The topological polar surface area (TPSA) is 67.5 Å². The van der Waals surface area contributed by atoms with E-state index in [4.69, 9.17) is 5.73 Å². The van der Waals surface area contributed by atoms with Gasteiger partial charge in [0.1, 0.15) is 11.1 Å². The third kappa shape index (κ3) is 3.19. The summed E-state index contributed by atoms with van der Waals surface area (Å²) in [5.41, 5.74) is 5.16. The maximum absolute atomic E-state index is 13.3. The quantitative estimate of drug-likeness (QED) is 0.820. The van der Waals surface area contributed by atoms with Gasteiger partial charge in [0.15, 0.2) is 16.8 Å². The van der Waals surface area contributed by atoms with Gasteiger partial charge >= 0.3 is 0 Å². The number of nitrogens with zero attached hydrogens (tertiary/aromatic N) is 1. The number of hydrogen-bond acceptors (Lipinski definition) is 4. The Balaban J connectivity index is 1.98. The van der Waals surface area contributed by atoms with Crippen LogP contribution in [0.25, 0.3) is 0 Å². The fourth-order valence-corrected chi connectivity index (χ4v) is 2.34. The molecule has 1 heterocycles. The minimum atomic E-state index is -1.29. The number of amidine groups is 1. The first-order chi connectivity index (χ1) is 8.97. The molecule has 0 radical (unpaired) electrons. The number of benzene rings is 1. The van der Waals surface area contributed by atoms with Crippen LogP contribution >= 0.6 is 11.8 Å². The summed E-state index contributed by atoms with van der Waals surface area (Å²) in [6, 6.07) is 1.29. The molecule has 1 aliphatic rings. The van der Waals surface area contributed by atoms with Crippen molar-refractivity contribution in [2.75, 3.05) is 6.54 Å². The van der Waals surface area contributed by atoms with Crippen LogP contribution in [0.15, 0.2) is 17.1 Å². The lowest BCUT2D eigenvalue weighted by atomic mass is 10.2. The van der Waals surface area contributed by atoms with Gasteiger partial charge < -0.3 is 11.1 Å². The number of rotatable bonds is 3. The lowest BCUT2D eigenvalue weighted by Crippen LogP contribution is -2.33. The molecule has 1 amide bonds. The molecule has 1 unspecified atom stereocenters. The van der Waals surface area contributed by atoms with E-state index in [-0.39, 0.29) is 18.7 Å². The molecule has 1 aliphatic heterocycles. The first kappa shape index (κ1) is 13.7. The molecule has 102 valence electrons. The number of nitrogens with two attached hydrogens (primary N) is 1. The first-order valence-corrected chi connectivity index (χ1v) is 6.23. The van der Waals surface area contributed by atoms with E-state index in [1.807, 2.05) is 0 Å². The summed E-state index contributed by atoms with van der Waals surface area (Å²) >= 11 is 1.09. The molecule has 1 aromatic rings. The Labute approximate surface area is 111 Å². The minimum absolute atomic E-state index is 0.238. The lowest BCUT2D eigenvalue weighted by Gasteiger charge is -2.10. The van der Waals surface area contributed by atoms with Crippen LogP contribution < -0.4 is 11.1 Å². The summed E-state index contributed by atoms with van der Waals surface area (Å²) in [7, 11) is 0.